The number of ether oxygens (including phenoxy) is 1. The van der Waals surface area contributed by atoms with Crippen LogP contribution in [0, 0.1) is 28.6 Å². The van der Waals surface area contributed by atoms with E-state index in [-0.39, 0.29) is 22.9 Å². The first-order chi connectivity index (χ1) is 26.6. The molecule has 300 valence electrons. The van der Waals surface area contributed by atoms with E-state index >= 15 is 0 Å². The number of Topliss-reactive ketones (excluding diaryl/α,β-unsaturated/α-hetero) is 1. The molecule has 1 aromatic heterocycles. The van der Waals surface area contributed by atoms with Crippen molar-refractivity contribution in [3.8, 4) is 0 Å². The number of aromatic nitrogens is 1. The van der Waals surface area contributed by atoms with Gasteiger partial charge in [0.1, 0.15) is 6.04 Å². The predicted molar refractivity (Wildman–Crippen MR) is 225 cm³/mol. The van der Waals surface area contributed by atoms with Gasteiger partial charge in [-0.15, -0.1) is 0 Å². The zero-order valence-corrected chi connectivity index (χ0v) is 35.7. The van der Waals surface area contributed by atoms with E-state index in [1.54, 1.807) is 24.3 Å². The first kappa shape index (κ1) is 38.9. The molecule has 2 N–H and O–H groups in total. The highest BCUT2D eigenvalue weighted by Gasteiger charge is 2.68. The summed E-state index contributed by atoms with van der Waals surface area (Å²) in [5.74, 6) is 2.34. The molecule has 4 aliphatic carbocycles. The highest BCUT2D eigenvalue weighted by molar-refractivity contribution is 7.91. The van der Waals surface area contributed by atoms with Gasteiger partial charge in [-0.1, -0.05) is 74.9 Å². The maximum Gasteiger partial charge on any atom is 0.192 e. The van der Waals surface area contributed by atoms with Crippen LogP contribution in [0.2, 0.25) is 0 Å². The zero-order valence-electron chi connectivity index (χ0n) is 34.9. The lowest BCUT2D eigenvalue weighted by molar-refractivity contribution is -0.122. The SMILES string of the molecule is C=C(C)[C@H]1C(=O)c2c3c(cc4c5c(n1c24)[C@@]1(C)[C](CC[C@H]2[C@](C)(/C=C/C=C(\C)CS(=O)(=O)c4ccccc4)[C@@H](O)CC[C@@]21C)C5)C1=CC(C)(C)OC(C)(C)[C]1[C@@H]3O. The van der Waals surface area contributed by atoms with Crippen LogP contribution in [0.3, 0.4) is 0 Å². The molecular formula is C49H57NO6S. The Labute approximate surface area is 338 Å². The van der Waals surface area contributed by atoms with Crippen molar-refractivity contribution in [3.63, 3.8) is 0 Å². The van der Waals surface area contributed by atoms with Gasteiger partial charge >= 0.3 is 0 Å². The van der Waals surface area contributed by atoms with Crippen molar-refractivity contribution in [2.45, 2.75) is 134 Å². The fourth-order valence-electron chi connectivity index (χ4n) is 13.0. The summed E-state index contributed by atoms with van der Waals surface area (Å²) in [7, 11) is -3.48. The Morgan fingerprint density at radius 3 is 2.42 bits per heavy atom. The van der Waals surface area contributed by atoms with Crippen LogP contribution < -0.4 is 0 Å². The molecule has 0 spiro atoms. The Morgan fingerprint density at radius 1 is 1.04 bits per heavy atom. The van der Waals surface area contributed by atoms with Gasteiger partial charge in [0.15, 0.2) is 15.6 Å². The quantitative estimate of drug-likeness (QED) is 0.191. The Bertz CT molecular complexity index is 2480. The third-order valence-electron chi connectivity index (χ3n) is 15.4. The Hall–Kier alpha value is -3.56. The minimum Gasteiger partial charge on any atom is -0.392 e. The largest absolute Gasteiger partial charge is 0.392 e. The normalized spacial score (nSPS) is 34.3. The van der Waals surface area contributed by atoms with Gasteiger partial charge in [-0.05, 0) is 132 Å². The van der Waals surface area contributed by atoms with Crippen LogP contribution >= 0.6 is 0 Å². The average Bonchev–Trinajstić information content (AvgIpc) is 3.79. The van der Waals surface area contributed by atoms with E-state index < -0.39 is 50.1 Å². The number of aliphatic hydroxyl groups excluding tert-OH is 2. The molecular weight excluding hydrogens is 731 g/mol. The molecule has 2 saturated carbocycles. The molecule has 2 aromatic carbocycles. The molecule has 0 amide bonds. The van der Waals surface area contributed by atoms with Crippen LogP contribution in [0.4, 0.5) is 0 Å². The molecule has 7 atom stereocenters. The van der Waals surface area contributed by atoms with Gasteiger partial charge in [-0.3, -0.25) is 4.79 Å². The second-order valence-corrected chi connectivity index (χ2v) is 21.8. The van der Waals surface area contributed by atoms with Gasteiger partial charge in [0.25, 0.3) is 0 Å². The molecule has 8 heteroatoms. The fourth-order valence-corrected chi connectivity index (χ4v) is 14.4. The fraction of sp³-hybridized carbons (Fsp3) is 0.490. The predicted octanol–water partition coefficient (Wildman–Crippen LogP) is 9.49. The van der Waals surface area contributed by atoms with E-state index in [1.165, 1.54) is 17.2 Å². The van der Waals surface area contributed by atoms with Crippen LogP contribution in [0.1, 0.15) is 133 Å². The lowest BCUT2D eigenvalue weighted by Gasteiger charge is -2.64. The van der Waals surface area contributed by atoms with Gasteiger partial charge in [-0.2, -0.15) is 0 Å². The van der Waals surface area contributed by atoms with E-state index in [4.69, 9.17) is 4.74 Å². The number of carbonyl (C=O) groups is 1. The van der Waals surface area contributed by atoms with Crippen LogP contribution in [0.5, 0.6) is 0 Å². The first-order valence-electron chi connectivity index (χ1n) is 20.7. The molecule has 2 aliphatic heterocycles. The summed E-state index contributed by atoms with van der Waals surface area (Å²) in [4.78, 5) is 15.3. The maximum atomic E-state index is 14.9. The van der Waals surface area contributed by atoms with Crippen molar-refractivity contribution in [2.24, 2.45) is 16.7 Å². The minimum atomic E-state index is -3.48. The van der Waals surface area contributed by atoms with Crippen molar-refractivity contribution in [1.82, 2.24) is 4.57 Å². The number of rotatable bonds is 6. The van der Waals surface area contributed by atoms with E-state index in [9.17, 15) is 23.4 Å². The van der Waals surface area contributed by atoms with Crippen molar-refractivity contribution in [1.29, 1.82) is 0 Å². The van der Waals surface area contributed by atoms with Gasteiger partial charge in [0, 0.05) is 27.5 Å². The number of carbonyl (C=O) groups excluding carboxylic acids is 1. The third kappa shape index (κ3) is 5.12. The van der Waals surface area contributed by atoms with Gasteiger partial charge in [-0.25, -0.2) is 8.42 Å². The molecule has 9 rings (SSSR count). The molecule has 0 saturated heterocycles. The number of fused-ring (bicyclic) bond motifs is 11. The number of hydrogen-bond acceptors (Lipinski definition) is 6. The summed E-state index contributed by atoms with van der Waals surface area (Å²) in [6, 6.07) is 10.2. The molecule has 0 bridgehead atoms. The first-order valence-corrected chi connectivity index (χ1v) is 22.3. The molecule has 2 fully saturated rings. The van der Waals surface area contributed by atoms with Crippen molar-refractivity contribution in [3.05, 3.63) is 118 Å². The van der Waals surface area contributed by atoms with Crippen LogP contribution in [-0.4, -0.2) is 52.0 Å². The second kappa shape index (κ2) is 12.2. The van der Waals surface area contributed by atoms with Crippen molar-refractivity contribution < 1.29 is 28.2 Å². The summed E-state index contributed by atoms with van der Waals surface area (Å²) >= 11 is 0. The zero-order chi connectivity index (χ0) is 41.0. The smallest absolute Gasteiger partial charge is 0.192 e. The average molecular weight is 788 g/mol. The molecule has 3 aromatic rings. The number of allylic oxidation sites excluding steroid dienone is 3. The summed E-state index contributed by atoms with van der Waals surface area (Å²) in [6.45, 7) is 23.3. The van der Waals surface area contributed by atoms with Gasteiger partial charge in [0.2, 0.25) is 0 Å². The standard InChI is InChI=1S/C49H57NO6S/c1-27(2)40-43(53)38-37-31(34-25-45(4,5)56-46(6,7)39(34)42(37)52)24-32-33-23-29-18-19-35-47(8,21-14-15-28(3)26-57(54,55)30-16-12-11-13-17-30)36(51)20-22-48(35,9)49(29,10)44(33)50(40)41(32)38/h11-17,21,24-25,35-36,40,42,51-52H,1,18-20,22-23,26H2,2-10H3/b21-14+,28-15+/t35-,36-,40-,42+,47-,48-,49+/m0/s1. The molecule has 0 unspecified atom stereocenters. The minimum absolute atomic E-state index is 0.00290. The number of nitrogens with zero attached hydrogens (tertiary/aromatic N) is 1. The molecule has 7 nitrogen and oxygen atoms in total. The Balaban J connectivity index is 1.16. The maximum absolute atomic E-state index is 14.9. The molecule has 6 aliphatic rings. The van der Waals surface area contributed by atoms with Crippen LogP contribution in [-0.2, 0) is 26.4 Å². The van der Waals surface area contributed by atoms with Crippen LogP contribution in [0.25, 0.3) is 16.5 Å². The number of hydrogen-bond donors (Lipinski definition) is 2. The van der Waals surface area contributed by atoms with Crippen molar-refractivity contribution >= 4 is 32.1 Å². The Morgan fingerprint density at radius 2 is 1.74 bits per heavy atom. The second-order valence-electron chi connectivity index (χ2n) is 19.8. The monoisotopic (exact) mass is 787 g/mol. The van der Waals surface area contributed by atoms with Crippen LogP contribution in [0.15, 0.2) is 83.3 Å². The van der Waals surface area contributed by atoms with Gasteiger partial charge < -0.3 is 19.5 Å². The summed E-state index contributed by atoms with van der Waals surface area (Å²) in [5, 5.41) is 25.2. The summed E-state index contributed by atoms with van der Waals surface area (Å²) in [5.41, 5.74) is 5.65. The molecule has 2 radical (unpaired) electrons. The topological polar surface area (TPSA) is 106 Å². The summed E-state index contributed by atoms with van der Waals surface area (Å²) < 4.78 is 35.1. The number of sulfone groups is 1. The highest BCUT2D eigenvalue weighted by atomic mass is 32.2. The number of ketones is 1. The molecule has 57 heavy (non-hydrogen) atoms. The lowest BCUT2D eigenvalue weighted by atomic mass is 9.40. The van der Waals surface area contributed by atoms with E-state index in [1.807, 2.05) is 59.8 Å². The third-order valence-corrected chi connectivity index (χ3v) is 17.2. The number of benzene rings is 2. The Kier molecular flexibility index (Phi) is 8.37. The lowest BCUT2D eigenvalue weighted by Crippen LogP contribution is -2.61. The van der Waals surface area contributed by atoms with E-state index in [0.29, 0.717) is 22.4 Å². The van der Waals surface area contributed by atoms with E-state index in [0.717, 1.165) is 64.8 Å². The van der Waals surface area contributed by atoms with Crippen molar-refractivity contribution in [2.75, 3.05) is 5.75 Å². The molecule has 3 heterocycles. The van der Waals surface area contributed by atoms with E-state index in [2.05, 4.69) is 50.1 Å². The highest BCUT2D eigenvalue weighted by Crippen LogP contribution is 2.72. The summed E-state index contributed by atoms with van der Waals surface area (Å²) in [6.07, 6.45) is 10.7. The van der Waals surface area contributed by atoms with Gasteiger partial charge in [0.05, 0.1) is 51.1 Å². The number of aliphatic hydroxyl groups is 2.